The van der Waals surface area contributed by atoms with Crippen LogP contribution in [-0.2, 0) is 14.3 Å². The molecule has 0 aliphatic heterocycles. The molecule has 6 nitrogen and oxygen atoms in total. The fraction of sp³-hybridized carbons (Fsp3) is 0.915. The Morgan fingerprint density at radius 1 is 0.364 bits per heavy atom. The number of hydrogen-bond donors (Lipinski definition) is 3. The third-order valence-electron chi connectivity index (χ3n) is 16.5. The smallest absolute Gasteiger partial charge is 0.305 e. The Morgan fingerprint density at radius 2 is 0.662 bits per heavy atom. The highest BCUT2D eigenvalue weighted by molar-refractivity contribution is 5.76. The van der Waals surface area contributed by atoms with Crippen molar-refractivity contribution in [1.29, 1.82) is 0 Å². The second-order valence-corrected chi connectivity index (χ2v) is 24.2. The van der Waals surface area contributed by atoms with Gasteiger partial charge >= 0.3 is 5.97 Å². The van der Waals surface area contributed by atoms with E-state index >= 15 is 0 Å². The Morgan fingerprint density at radius 3 is 1.03 bits per heavy atom. The molecule has 0 aromatic heterocycles. The van der Waals surface area contributed by atoms with Gasteiger partial charge in [-0.2, -0.15) is 0 Å². The van der Waals surface area contributed by atoms with Gasteiger partial charge in [-0.25, -0.2) is 0 Å². The predicted octanol–water partition coefficient (Wildman–Crippen LogP) is 22.5. The summed E-state index contributed by atoms with van der Waals surface area (Å²) in [6.45, 7) is 4.94. The van der Waals surface area contributed by atoms with Gasteiger partial charge in [0.1, 0.15) is 0 Å². The van der Waals surface area contributed by atoms with Crippen LogP contribution in [0.15, 0.2) is 24.3 Å². The van der Waals surface area contributed by atoms with Gasteiger partial charge in [0.05, 0.1) is 25.4 Å². The number of amides is 1. The van der Waals surface area contributed by atoms with Crippen molar-refractivity contribution >= 4 is 11.9 Å². The lowest BCUT2D eigenvalue weighted by atomic mass is 10.0. The number of aliphatic hydroxyl groups is 2. The van der Waals surface area contributed by atoms with E-state index in [4.69, 9.17) is 4.74 Å². The Bertz CT molecular complexity index is 1200. The molecular weight excluding hydrogens is 947 g/mol. The van der Waals surface area contributed by atoms with Gasteiger partial charge in [-0.05, 0) is 51.4 Å². The molecule has 0 heterocycles. The molecule has 0 aromatic carbocycles. The second kappa shape index (κ2) is 66.8. The highest BCUT2D eigenvalue weighted by Gasteiger charge is 2.20. The quantitative estimate of drug-likeness (QED) is 0.0320. The normalized spacial score (nSPS) is 12.6. The largest absolute Gasteiger partial charge is 0.466 e. The molecule has 0 aliphatic carbocycles. The van der Waals surface area contributed by atoms with Crippen molar-refractivity contribution < 1.29 is 24.5 Å². The molecule has 0 rings (SSSR count). The van der Waals surface area contributed by atoms with Crippen molar-refractivity contribution in [3.8, 4) is 0 Å². The van der Waals surface area contributed by atoms with Crippen molar-refractivity contribution in [3.05, 3.63) is 24.3 Å². The summed E-state index contributed by atoms with van der Waals surface area (Å²) in [5.74, 6) is -0.0293. The summed E-state index contributed by atoms with van der Waals surface area (Å²) in [7, 11) is 0. The van der Waals surface area contributed by atoms with Gasteiger partial charge in [0.2, 0.25) is 5.91 Å². The Labute approximate surface area is 481 Å². The first-order valence-corrected chi connectivity index (χ1v) is 35.1. The molecule has 0 aromatic rings. The molecule has 2 atom stereocenters. The average molecular weight is 1080 g/mol. The number of esters is 1. The van der Waals surface area contributed by atoms with Crippen LogP contribution in [0.25, 0.3) is 0 Å². The molecule has 6 heteroatoms. The lowest BCUT2D eigenvalue weighted by molar-refractivity contribution is -0.143. The zero-order valence-electron chi connectivity index (χ0n) is 52.2. The molecular formula is C71H137NO5. The fourth-order valence-corrected chi connectivity index (χ4v) is 11.1. The maximum atomic E-state index is 12.6. The number of rotatable bonds is 66. The van der Waals surface area contributed by atoms with Gasteiger partial charge in [0, 0.05) is 12.8 Å². The van der Waals surface area contributed by atoms with Crippen LogP contribution in [-0.4, -0.2) is 47.4 Å². The third-order valence-corrected chi connectivity index (χ3v) is 16.5. The van der Waals surface area contributed by atoms with Crippen molar-refractivity contribution in [1.82, 2.24) is 5.32 Å². The van der Waals surface area contributed by atoms with Crippen molar-refractivity contribution in [2.75, 3.05) is 13.2 Å². The lowest BCUT2D eigenvalue weighted by Crippen LogP contribution is -2.45. The molecule has 0 saturated heterocycles. The summed E-state index contributed by atoms with van der Waals surface area (Å²) in [5, 5.41) is 23.4. The summed E-state index contributed by atoms with van der Waals surface area (Å²) in [6, 6.07) is -0.542. The van der Waals surface area contributed by atoms with Crippen LogP contribution < -0.4 is 5.32 Å². The number of allylic oxidation sites excluding steroid dienone is 4. The Balaban J connectivity index is 3.38. The summed E-state index contributed by atoms with van der Waals surface area (Å²) in [5.41, 5.74) is 0. The topological polar surface area (TPSA) is 95.9 Å². The molecule has 3 N–H and O–H groups in total. The van der Waals surface area contributed by atoms with Crippen LogP contribution in [0.4, 0.5) is 0 Å². The number of carbonyl (C=O) groups excluding carboxylic acids is 2. The number of aliphatic hydroxyl groups excluding tert-OH is 2. The molecule has 0 radical (unpaired) electrons. The van der Waals surface area contributed by atoms with Gasteiger partial charge in [-0.3, -0.25) is 9.59 Å². The fourth-order valence-electron chi connectivity index (χ4n) is 11.1. The van der Waals surface area contributed by atoms with Crippen molar-refractivity contribution in [2.45, 2.75) is 405 Å². The number of ether oxygens (including phenoxy) is 1. The molecule has 2 unspecified atom stereocenters. The van der Waals surface area contributed by atoms with E-state index < -0.39 is 12.1 Å². The average Bonchev–Trinajstić information content (AvgIpc) is 3.43. The molecule has 1 amide bonds. The van der Waals surface area contributed by atoms with Gasteiger partial charge < -0.3 is 20.3 Å². The Hall–Kier alpha value is -1.66. The lowest BCUT2D eigenvalue weighted by Gasteiger charge is -2.22. The van der Waals surface area contributed by atoms with Crippen molar-refractivity contribution in [3.63, 3.8) is 0 Å². The van der Waals surface area contributed by atoms with Crippen molar-refractivity contribution in [2.24, 2.45) is 0 Å². The maximum Gasteiger partial charge on any atom is 0.305 e. The minimum absolute atomic E-state index is 0.000672. The van der Waals surface area contributed by atoms with Gasteiger partial charge in [0.25, 0.3) is 0 Å². The van der Waals surface area contributed by atoms with Crippen LogP contribution in [0.5, 0.6) is 0 Å². The van der Waals surface area contributed by atoms with Crippen LogP contribution in [0.1, 0.15) is 393 Å². The minimum Gasteiger partial charge on any atom is -0.466 e. The van der Waals surface area contributed by atoms with E-state index in [0.717, 1.165) is 51.4 Å². The second-order valence-electron chi connectivity index (χ2n) is 24.2. The maximum absolute atomic E-state index is 12.6. The van der Waals surface area contributed by atoms with Crippen LogP contribution in [0.2, 0.25) is 0 Å². The molecule has 0 saturated carbocycles. The first-order valence-electron chi connectivity index (χ1n) is 35.1. The van der Waals surface area contributed by atoms with E-state index in [1.165, 1.54) is 308 Å². The van der Waals surface area contributed by atoms with Gasteiger partial charge in [-0.1, -0.05) is 353 Å². The summed E-state index contributed by atoms with van der Waals surface area (Å²) >= 11 is 0. The Kier molecular flexibility index (Phi) is 65.4. The SMILES string of the molecule is CCCC/C=C\C/C=C\CCCCCCCC(=O)OCCCCCCCCCCCCCCCCCCCCCCCCCC(=O)NC(CO)C(O)CCCCCCCCCCCCCCCCCCCCCCCCC. The molecule has 0 aliphatic rings. The van der Waals surface area contributed by atoms with Crippen LogP contribution in [0.3, 0.4) is 0 Å². The summed E-state index contributed by atoms with van der Waals surface area (Å²) < 4.78 is 5.48. The number of unbranched alkanes of at least 4 members (excludes halogenated alkanes) is 51. The monoisotopic (exact) mass is 1080 g/mol. The minimum atomic E-state index is -0.665. The van der Waals surface area contributed by atoms with E-state index in [1.807, 2.05) is 0 Å². The first-order chi connectivity index (χ1) is 38.0. The molecule has 0 bridgehead atoms. The van der Waals surface area contributed by atoms with E-state index in [-0.39, 0.29) is 18.5 Å². The summed E-state index contributed by atoms with van der Waals surface area (Å²) in [4.78, 5) is 24.6. The molecule has 0 spiro atoms. The zero-order valence-corrected chi connectivity index (χ0v) is 52.2. The van der Waals surface area contributed by atoms with Crippen LogP contribution in [0, 0.1) is 0 Å². The summed E-state index contributed by atoms with van der Waals surface area (Å²) in [6.07, 6.45) is 83.6. The predicted molar refractivity (Wildman–Crippen MR) is 338 cm³/mol. The number of nitrogens with one attached hydrogen (secondary N) is 1. The highest BCUT2D eigenvalue weighted by atomic mass is 16.5. The van der Waals surface area contributed by atoms with Crippen LogP contribution >= 0.6 is 0 Å². The van der Waals surface area contributed by atoms with E-state index in [1.54, 1.807) is 0 Å². The first kappa shape index (κ1) is 75.3. The van der Waals surface area contributed by atoms with Gasteiger partial charge in [-0.15, -0.1) is 0 Å². The van der Waals surface area contributed by atoms with E-state index in [2.05, 4.69) is 43.5 Å². The van der Waals surface area contributed by atoms with E-state index in [9.17, 15) is 19.8 Å². The highest BCUT2D eigenvalue weighted by Crippen LogP contribution is 2.19. The number of hydrogen-bond acceptors (Lipinski definition) is 5. The third kappa shape index (κ3) is 63.4. The molecule has 77 heavy (non-hydrogen) atoms. The van der Waals surface area contributed by atoms with E-state index in [0.29, 0.717) is 25.9 Å². The number of carbonyl (C=O) groups is 2. The molecule has 0 fully saturated rings. The standard InChI is InChI=1S/C71H137NO5/c1-3-5-7-9-11-13-15-17-19-20-21-22-24-27-30-33-36-39-43-47-51-55-59-63-69(74)68(67-73)72-70(75)64-60-56-52-48-44-40-37-34-31-28-25-23-26-29-32-35-38-42-46-50-54-58-62-66-77-71(76)65-61-57-53-49-45-41-18-16-14-12-10-8-6-4-2/h10,12,16,18,68-69,73-74H,3-9,11,13-15,17,19-67H2,1-2H3,(H,72,75)/b12-10-,18-16-. The zero-order chi connectivity index (χ0) is 55.7. The molecule has 456 valence electrons. The van der Waals surface area contributed by atoms with Gasteiger partial charge in [0.15, 0.2) is 0 Å².